The van der Waals surface area contributed by atoms with Gasteiger partial charge in [-0.3, -0.25) is 0 Å². The van der Waals surface area contributed by atoms with Crippen molar-refractivity contribution in [2.45, 2.75) is 212 Å². The normalized spacial score (nSPS) is 13.0. The summed E-state index contributed by atoms with van der Waals surface area (Å²) in [5.41, 5.74) is -2.05. The van der Waals surface area contributed by atoms with Gasteiger partial charge in [0.15, 0.2) is 0 Å². The number of ether oxygens (including phenoxy) is 3. The number of hydrogen-bond donors (Lipinski definition) is 6. The van der Waals surface area contributed by atoms with Crippen molar-refractivity contribution in [2.75, 3.05) is 163 Å². The highest BCUT2D eigenvalue weighted by atomic mass is 28.4. The molecule has 1 aromatic rings. The summed E-state index contributed by atoms with van der Waals surface area (Å²) in [5, 5.41) is 41.3. The summed E-state index contributed by atoms with van der Waals surface area (Å²) in [4.78, 5) is 87.7. The van der Waals surface area contributed by atoms with E-state index < -0.39 is 61.8 Å². The molecule has 564 valence electrons. The van der Waals surface area contributed by atoms with Crippen LogP contribution in [0.4, 0.5) is 14.4 Å². The first-order chi connectivity index (χ1) is 46.3. The zero-order valence-electron chi connectivity index (χ0n) is 60.8. The second-order valence-corrected chi connectivity index (χ2v) is 33.3. The number of amides is 6. The van der Waals surface area contributed by atoms with Gasteiger partial charge in [0.05, 0.1) is 57.8 Å². The lowest BCUT2D eigenvalue weighted by molar-refractivity contribution is 0.0214. The number of carbonyl (C=O) groups excluding carboxylic acids is 3. The van der Waals surface area contributed by atoms with Gasteiger partial charge in [-0.05, 0) is 77.0 Å². The van der Waals surface area contributed by atoms with Crippen LogP contribution in [-0.4, -0.2) is 269 Å². The van der Waals surface area contributed by atoms with Crippen LogP contribution in [0.15, 0.2) is 14.4 Å². The fourth-order valence-corrected chi connectivity index (χ4v) is 15.8. The van der Waals surface area contributed by atoms with Crippen LogP contribution in [-0.2, 0) is 73.7 Å². The van der Waals surface area contributed by atoms with Gasteiger partial charge >= 0.3 is 61.6 Å². The van der Waals surface area contributed by atoms with Crippen LogP contribution in [0.25, 0.3) is 0 Å². The molecule has 0 fully saturated rings. The summed E-state index contributed by atoms with van der Waals surface area (Å²) in [7, 11) is 5.11. The second-order valence-electron chi connectivity index (χ2n) is 24.0. The molecule has 1 aromatic heterocycles. The van der Waals surface area contributed by atoms with E-state index in [0.717, 1.165) is 52.2 Å². The van der Waals surface area contributed by atoms with Crippen molar-refractivity contribution < 1.29 is 83.7 Å². The molecule has 0 radical (unpaired) electrons. The van der Waals surface area contributed by atoms with Gasteiger partial charge in [0.1, 0.15) is 0 Å². The van der Waals surface area contributed by atoms with E-state index in [-0.39, 0.29) is 77.2 Å². The molecule has 1 rings (SSSR count). The summed E-state index contributed by atoms with van der Waals surface area (Å²) < 4.78 is 70.4. The van der Waals surface area contributed by atoms with E-state index in [1.54, 1.807) is 14.7 Å². The van der Waals surface area contributed by atoms with Crippen molar-refractivity contribution in [3.05, 3.63) is 31.5 Å². The number of nitrogens with one attached hydrogen (secondary N) is 3. The molecule has 0 aromatic carbocycles. The molecular formula is C63H129N9O21Si3. The minimum absolute atomic E-state index is 0.0635. The van der Waals surface area contributed by atoms with Crippen molar-refractivity contribution in [3.63, 3.8) is 0 Å². The topological polar surface area (TPSA) is 334 Å². The molecule has 33 heteroatoms. The van der Waals surface area contributed by atoms with Crippen molar-refractivity contribution in [2.24, 2.45) is 0 Å². The Kier molecular flexibility index (Phi) is 51.7. The maximum atomic E-state index is 14.1. The van der Waals surface area contributed by atoms with Gasteiger partial charge in [-0.15, -0.1) is 0 Å². The lowest BCUT2D eigenvalue weighted by Crippen LogP contribution is -2.54. The number of rotatable bonds is 63. The molecule has 0 bridgehead atoms. The zero-order valence-corrected chi connectivity index (χ0v) is 63.8. The lowest BCUT2D eigenvalue weighted by atomic mass is 10.2. The number of hydrogen-bond acceptors (Lipinski definition) is 21. The van der Waals surface area contributed by atoms with Crippen molar-refractivity contribution in [3.8, 4) is 0 Å². The third-order valence-corrected chi connectivity index (χ3v) is 25.2. The maximum absolute atomic E-state index is 14.1. The summed E-state index contributed by atoms with van der Waals surface area (Å²) in [6, 6.07) is 0.377. The van der Waals surface area contributed by atoms with Gasteiger partial charge in [-0.2, -0.15) is 0 Å². The Labute approximate surface area is 576 Å². The molecule has 96 heavy (non-hydrogen) atoms. The van der Waals surface area contributed by atoms with Crippen LogP contribution in [0.3, 0.4) is 0 Å². The first kappa shape index (κ1) is 90.3. The Balaban J connectivity index is 3.20. The van der Waals surface area contributed by atoms with Crippen LogP contribution in [0.2, 0.25) is 18.1 Å². The minimum Gasteiger partial charge on any atom is -0.389 e. The predicted octanol–water partition coefficient (Wildman–Crippen LogP) is 5.23. The Morgan fingerprint density at radius 2 is 0.594 bits per heavy atom. The largest absolute Gasteiger partial charge is 0.500 e. The summed E-state index contributed by atoms with van der Waals surface area (Å²) in [6.07, 6.45) is 11.4. The molecule has 0 saturated heterocycles. The number of aliphatic hydroxyl groups excluding tert-OH is 3. The van der Waals surface area contributed by atoms with Crippen LogP contribution < -0.4 is 33.0 Å². The highest BCUT2D eigenvalue weighted by Crippen LogP contribution is 2.19. The van der Waals surface area contributed by atoms with E-state index in [4.69, 9.17) is 54.0 Å². The molecule has 3 atom stereocenters. The first-order valence-electron chi connectivity index (χ1n) is 35.0. The Morgan fingerprint density at radius 3 is 0.812 bits per heavy atom. The van der Waals surface area contributed by atoms with Crippen LogP contribution in [0, 0.1) is 0 Å². The molecule has 0 saturated carbocycles. The zero-order chi connectivity index (χ0) is 71.5. The molecule has 0 aliphatic rings. The Hall–Kier alpha value is -3.73. The van der Waals surface area contributed by atoms with Crippen LogP contribution in [0.5, 0.6) is 0 Å². The quantitative estimate of drug-likeness (QED) is 0.0359. The van der Waals surface area contributed by atoms with Gasteiger partial charge in [0, 0.05) is 161 Å². The van der Waals surface area contributed by atoms with E-state index in [9.17, 15) is 44.1 Å². The molecule has 1 heterocycles. The minimum atomic E-state index is -2.90. The summed E-state index contributed by atoms with van der Waals surface area (Å²) >= 11 is 0. The van der Waals surface area contributed by atoms with E-state index in [0.29, 0.717) is 174 Å². The second kappa shape index (κ2) is 55.0. The molecule has 6 N–H and O–H groups in total. The fourth-order valence-electron chi connectivity index (χ4n) is 10.7. The van der Waals surface area contributed by atoms with Gasteiger partial charge in [-0.25, -0.2) is 42.5 Å². The summed E-state index contributed by atoms with van der Waals surface area (Å²) in [6.45, 7) is 10.4. The van der Waals surface area contributed by atoms with Crippen molar-refractivity contribution in [1.29, 1.82) is 0 Å². The Bertz CT molecular complexity index is 2040. The molecule has 0 aliphatic heterocycles. The highest BCUT2D eigenvalue weighted by Gasteiger charge is 2.39. The number of aliphatic hydroxyl groups is 3. The number of nitrogens with zero attached hydrogens (tertiary/aromatic N) is 6. The smallest absolute Gasteiger partial charge is 0.389 e. The molecular weight excluding hydrogens is 1300 g/mol. The Morgan fingerprint density at radius 1 is 0.365 bits per heavy atom. The number of urea groups is 3. The lowest BCUT2D eigenvalue weighted by Gasteiger charge is -2.28. The van der Waals surface area contributed by atoms with Crippen molar-refractivity contribution in [1.82, 2.24) is 44.4 Å². The molecule has 30 nitrogen and oxygen atoms in total. The molecule has 3 unspecified atom stereocenters. The van der Waals surface area contributed by atoms with Gasteiger partial charge in [0.2, 0.25) is 0 Å². The van der Waals surface area contributed by atoms with Crippen molar-refractivity contribution >= 4 is 44.5 Å². The molecule has 0 aliphatic carbocycles. The number of carbonyl (C=O) groups is 3. The van der Waals surface area contributed by atoms with Crippen LogP contribution >= 0.6 is 0 Å². The third-order valence-electron chi connectivity index (χ3n) is 16.7. The standard InChI is InChI=1S/C63H129N9O21Si3/c1-13-16-43-91-52-55(73)49-67(37-31-46-94(82-4,83-5)84-6)58(76)64-34-25-19-22-28-40-70-61(79)71(41-29-23-20-26-35-65-59(77)68(50-56(74)53-92-44-17-14-2)38-32-47-95(85-7,86-8)87-9)63(81)72(62(70)80)42-30-24-21-27-36-66-60(78)69(51-57(75)54-93-45-18-15-3)39-33-48-96(88-10,89-11)90-12/h55-57,73-75H,13-54H2,1-12H3,(H,64,76)(H,65,77)(H,66,78). The number of aromatic nitrogens is 3. The fraction of sp³-hybridized carbons (Fsp3) is 0.905. The monoisotopic (exact) mass is 1430 g/mol. The van der Waals surface area contributed by atoms with Gasteiger partial charge in [-0.1, -0.05) is 78.6 Å². The van der Waals surface area contributed by atoms with Crippen LogP contribution in [0.1, 0.15) is 156 Å². The van der Waals surface area contributed by atoms with Gasteiger partial charge in [0.25, 0.3) is 0 Å². The molecule has 6 amide bonds. The highest BCUT2D eigenvalue weighted by molar-refractivity contribution is 6.61. The average molecular weight is 1430 g/mol. The first-order valence-corrected chi connectivity index (χ1v) is 40.8. The number of unbranched alkanes of at least 4 members (excludes halogenated alkanes) is 12. The SMILES string of the molecule is CCCCOCC(O)CN(CCC[Si](OC)(OC)OC)C(=O)NCCCCCCn1c(=O)n(CCCCCCNC(=O)N(CCC[Si](OC)(OC)OC)CC(O)COCCCC)c(=O)n(CCCCCCNC(=O)N(CCC[Si](OC)(OC)OC)CC(O)COCCCC)c1=O. The van der Waals surface area contributed by atoms with E-state index >= 15 is 0 Å². The summed E-state index contributed by atoms with van der Waals surface area (Å²) in [5.74, 6) is 0. The van der Waals surface area contributed by atoms with Gasteiger partial charge < -0.3 is 100 Å². The van der Waals surface area contributed by atoms with E-state index in [1.807, 2.05) is 0 Å². The van der Waals surface area contributed by atoms with E-state index in [1.165, 1.54) is 64.0 Å². The van der Waals surface area contributed by atoms with E-state index in [2.05, 4.69) is 36.7 Å². The average Bonchev–Trinajstić information content (AvgIpc) is 0.790. The molecule has 0 spiro atoms. The third kappa shape index (κ3) is 36.6. The predicted molar refractivity (Wildman–Crippen MR) is 373 cm³/mol. The maximum Gasteiger partial charge on any atom is 0.500 e.